The molecule has 0 atom stereocenters. The number of halogens is 1. The molecule has 2 rings (SSSR count). The molecule has 1 saturated carbocycles. The quantitative estimate of drug-likeness (QED) is 0.743. The van der Waals surface area contributed by atoms with Gasteiger partial charge >= 0.3 is 5.97 Å². The molecule has 0 unspecified atom stereocenters. The van der Waals surface area contributed by atoms with Crippen LogP contribution in [0, 0.1) is 6.92 Å². The summed E-state index contributed by atoms with van der Waals surface area (Å²) >= 11 is 6.23. The summed E-state index contributed by atoms with van der Waals surface area (Å²) in [4.78, 5) is 11.6. The minimum atomic E-state index is -0.406. The second-order valence-electron chi connectivity index (χ2n) is 6.19. The minimum Gasteiger partial charge on any atom is -0.486 e. The Morgan fingerprint density at radius 1 is 1.38 bits per heavy atom. The van der Waals surface area contributed by atoms with E-state index in [0.717, 1.165) is 41.2 Å². The number of benzene rings is 1. The minimum absolute atomic E-state index is 0.216. The molecule has 0 spiro atoms. The molecule has 0 saturated heterocycles. The largest absolute Gasteiger partial charge is 0.486 e. The van der Waals surface area contributed by atoms with Gasteiger partial charge in [-0.1, -0.05) is 25.4 Å². The Kier molecular flexibility index (Phi) is 4.82. The molecule has 0 aromatic heterocycles. The Balaban J connectivity index is 2.29. The molecule has 4 heteroatoms. The number of carbonyl (C=O) groups excluding carboxylic acids is 1. The van der Waals surface area contributed by atoms with Gasteiger partial charge in [0.05, 0.1) is 13.5 Å². The number of methoxy groups -OCH3 is 1. The smallest absolute Gasteiger partial charge is 0.309 e. The highest BCUT2D eigenvalue weighted by atomic mass is 35.5. The maximum atomic E-state index is 11.6. The summed E-state index contributed by atoms with van der Waals surface area (Å²) in [6, 6.07) is 3.95. The number of rotatable bonds is 5. The van der Waals surface area contributed by atoms with E-state index in [4.69, 9.17) is 21.1 Å². The summed E-state index contributed by atoms with van der Waals surface area (Å²) in [6.45, 7) is 6.19. The summed E-state index contributed by atoms with van der Waals surface area (Å²) < 4.78 is 11.1. The molecule has 0 radical (unpaired) electrons. The first-order chi connectivity index (χ1) is 9.87. The van der Waals surface area contributed by atoms with Crippen molar-refractivity contribution in [2.24, 2.45) is 0 Å². The lowest BCUT2D eigenvalue weighted by Gasteiger charge is -2.41. The highest BCUT2D eigenvalue weighted by Gasteiger charge is 2.42. The van der Waals surface area contributed by atoms with Crippen LogP contribution in [0.4, 0.5) is 0 Å². The number of hydrogen-bond donors (Lipinski definition) is 0. The number of carbonyl (C=O) groups is 1. The monoisotopic (exact) mass is 310 g/mol. The van der Waals surface area contributed by atoms with E-state index in [0.29, 0.717) is 12.3 Å². The number of aryl methyl sites for hydroxylation is 1. The van der Waals surface area contributed by atoms with Crippen molar-refractivity contribution in [3.05, 3.63) is 28.3 Å². The Bertz CT molecular complexity index is 533. The number of esters is 1. The van der Waals surface area contributed by atoms with E-state index in [1.807, 2.05) is 19.1 Å². The molecule has 0 heterocycles. The SMILES string of the molecule is COC(=O)CC1(Oc2cc(C)c(Cl)cc2C(C)C)CCC1. The zero-order valence-corrected chi connectivity index (χ0v) is 13.9. The highest BCUT2D eigenvalue weighted by molar-refractivity contribution is 6.31. The Labute approximate surface area is 131 Å². The van der Waals surface area contributed by atoms with E-state index >= 15 is 0 Å². The topological polar surface area (TPSA) is 35.5 Å². The molecule has 0 N–H and O–H groups in total. The van der Waals surface area contributed by atoms with E-state index < -0.39 is 5.60 Å². The fraction of sp³-hybridized carbons (Fsp3) is 0.588. The summed E-state index contributed by atoms with van der Waals surface area (Å²) in [7, 11) is 1.42. The van der Waals surface area contributed by atoms with Crippen LogP contribution < -0.4 is 4.74 Å². The van der Waals surface area contributed by atoms with Gasteiger partial charge in [0, 0.05) is 5.02 Å². The average Bonchev–Trinajstić information content (AvgIpc) is 2.39. The van der Waals surface area contributed by atoms with Crippen molar-refractivity contribution in [3.8, 4) is 5.75 Å². The van der Waals surface area contributed by atoms with Crippen LogP contribution in [0.3, 0.4) is 0 Å². The first-order valence-corrected chi connectivity index (χ1v) is 7.80. The van der Waals surface area contributed by atoms with Gasteiger partial charge in [-0.05, 0) is 55.4 Å². The van der Waals surface area contributed by atoms with Crippen LogP contribution in [0.2, 0.25) is 5.02 Å². The highest BCUT2D eigenvalue weighted by Crippen LogP contribution is 2.42. The fourth-order valence-corrected chi connectivity index (χ4v) is 2.84. The summed E-state index contributed by atoms with van der Waals surface area (Å²) in [5.74, 6) is 0.940. The van der Waals surface area contributed by atoms with Gasteiger partial charge in [0.2, 0.25) is 0 Å². The van der Waals surface area contributed by atoms with E-state index in [1.165, 1.54) is 7.11 Å². The summed E-state index contributed by atoms with van der Waals surface area (Å²) in [5.41, 5.74) is 1.67. The van der Waals surface area contributed by atoms with Crippen LogP contribution in [0.15, 0.2) is 12.1 Å². The molecule has 0 amide bonds. The predicted molar refractivity (Wildman–Crippen MR) is 84.1 cm³/mol. The van der Waals surface area contributed by atoms with Crippen molar-refractivity contribution in [2.75, 3.05) is 7.11 Å². The lowest BCUT2D eigenvalue weighted by Crippen LogP contribution is -2.45. The van der Waals surface area contributed by atoms with Gasteiger partial charge in [0.15, 0.2) is 0 Å². The van der Waals surface area contributed by atoms with Crippen LogP contribution >= 0.6 is 11.6 Å². The van der Waals surface area contributed by atoms with Crippen molar-refractivity contribution in [1.82, 2.24) is 0 Å². The van der Waals surface area contributed by atoms with Crippen molar-refractivity contribution < 1.29 is 14.3 Å². The molecule has 1 aromatic carbocycles. The first kappa shape index (κ1) is 16.2. The molecule has 1 aliphatic rings. The zero-order chi connectivity index (χ0) is 15.6. The van der Waals surface area contributed by atoms with Gasteiger partial charge in [0.1, 0.15) is 11.4 Å². The second-order valence-corrected chi connectivity index (χ2v) is 6.59. The molecular formula is C17H23ClO3. The standard InChI is InChI=1S/C17H23ClO3/c1-11(2)13-9-14(18)12(3)8-15(13)21-17(6-5-7-17)10-16(19)20-4/h8-9,11H,5-7,10H2,1-4H3. The lowest BCUT2D eigenvalue weighted by atomic mass is 9.77. The third-order valence-corrected chi connectivity index (χ3v) is 4.61. The first-order valence-electron chi connectivity index (χ1n) is 7.43. The molecule has 1 aromatic rings. The van der Waals surface area contributed by atoms with Crippen molar-refractivity contribution in [1.29, 1.82) is 0 Å². The molecule has 1 fully saturated rings. The van der Waals surface area contributed by atoms with Gasteiger partial charge in [0.25, 0.3) is 0 Å². The molecule has 0 aliphatic heterocycles. The van der Waals surface area contributed by atoms with E-state index in [9.17, 15) is 4.79 Å². The second kappa shape index (κ2) is 6.27. The van der Waals surface area contributed by atoms with E-state index in [1.54, 1.807) is 0 Å². The Morgan fingerprint density at radius 2 is 2.05 bits per heavy atom. The zero-order valence-electron chi connectivity index (χ0n) is 13.2. The van der Waals surface area contributed by atoms with Crippen LogP contribution in [-0.4, -0.2) is 18.7 Å². The van der Waals surface area contributed by atoms with E-state index in [2.05, 4.69) is 13.8 Å². The number of hydrogen-bond acceptors (Lipinski definition) is 3. The van der Waals surface area contributed by atoms with Crippen molar-refractivity contribution >= 4 is 17.6 Å². The van der Waals surface area contributed by atoms with Gasteiger partial charge in [-0.2, -0.15) is 0 Å². The predicted octanol–water partition coefficient (Wildman–Crippen LogP) is 4.64. The fourth-order valence-electron chi connectivity index (χ4n) is 2.66. The van der Waals surface area contributed by atoms with Crippen LogP contribution in [0.1, 0.15) is 56.6 Å². The molecule has 0 bridgehead atoms. The molecule has 3 nitrogen and oxygen atoms in total. The van der Waals surface area contributed by atoms with Crippen molar-refractivity contribution in [2.45, 2.75) is 58.0 Å². The maximum Gasteiger partial charge on any atom is 0.309 e. The lowest BCUT2D eigenvalue weighted by molar-refractivity contribution is -0.148. The maximum absolute atomic E-state index is 11.6. The Morgan fingerprint density at radius 3 is 2.52 bits per heavy atom. The third-order valence-electron chi connectivity index (χ3n) is 4.20. The third kappa shape index (κ3) is 3.52. The van der Waals surface area contributed by atoms with Crippen molar-refractivity contribution in [3.63, 3.8) is 0 Å². The summed E-state index contributed by atoms with van der Waals surface area (Å²) in [5, 5.41) is 0.752. The number of ether oxygens (including phenoxy) is 2. The molecule has 116 valence electrons. The van der Waals surface area contributed by atoms with E-state index in [-0.39, 0.29) is 5.97 Å². The van der Waals surface area contributed by atoms with Gasteiger partial charge in [-0.25, -0.2) is 0 Å². The van der Waals surface area contributed by atoms with Crippen LogP contribution in [0.5, 0.6) is 5.75 Å². The Hall–Kier alpha value is -1.22. The normalized spacial score (nSPS) is 16.5. The van der Waals surface area contributed by atoms with Gasteiger partial charge in [-0.3, -0.25) is 4.79 Å². The van der Waals surface area contributed by atoms with Gasteiger partial charge < -0.3 is 9.47 Å². The van der Waals surface area contributed by atoms with Gasteiger partial charge in [-0.15, -0.1) is 0 Å². The molecular weight excluding hydrogens is 288 g/mol. The summed E-state index contributed by atoms with van der Waals surface area (Å²) in [6.07, 6.45) is 3.17. The molecule has 21 heavy (non-hydrogen) atoms. The van der Waals surface area contributed by atoms with Crippen LogP contribution in [-0.2, 0) is 9.53 Å². The average molecular weight is 311 g/mol. The molecule has 1 aliphatic carbocycles. The van der Waals surface area contributed by atoms with Crippen LogP contribution in [0.25, 0.3) is 0 Å².